The molecule has 1 aromatic rings. The molecule has 5 nitrogen and oxygen atoms in total. The molecule has 1 heterocycles. The molecule has 2 atom stereocenters. The van der Waals surface area contributed by atoms with Crippen LogP contribution in [-0.2, 0) is 4.79 Å². The van der Waals surface area contributed by atoms with Crippen molar-refractivity contribution in [1.82, 2.24) is 10.2 Å². The predicted octanol–water partition coefficient (Wildman–Crippen LogP) is 2.64. The van der Waals surface area contributed by atoms with E-state index in [1.54, 1.807) is 21.0 Å². The van der Waals surface area contributed by atoms with Crippen LogP contribution in [0.3, 0.4) is 0 Å². The SMILES string of the molecule is COc1cccc([C@@H]2[C@H](NC(=O)C(C)(C)C#N)CCN2C2CC2)c1. The van der Waals surface area contributed by atoms with E-state index in [4.69, 9.17) is 4.74 Å². The second-order valence-corrected chi connectivity index (χ2v) is 7.30. The third kappa shape index (κ3) is 3.25. The van der Waals surface area contributed by atoms with E-state index in [2.05, 4.69) is 28.4 Å². The maximum atomic E-state index is 12.5. The van der Waals surface area contributed by atoms with E-state index < -0.39 is 5.41 Å². The Labute approximate surface area is 143 Å². The van der Waals surface area contributed by atoms with Crippen LogP contribution in [-0.4, -0.2) is 36.5 Å². The van der Waals surface area contributed by atoms with Crippen molar-refractivity contribution < 1.29 is 9.53 Å². The van der Waals surface area contributed by atoms with E-state index in [0.29, 0.717) is 6.04 Å². The topological polar surface area (TPSA) is 65.4 Å². The fraction of sp³-hybridized carbons (Fsp3) is 0.579. The number of ether oxygens (including phenoxy) is 1. The Morgan fingerprint density at radius 3 is 2.75 bits per heavy atom. The van der Waals surface area contributed by atoms with E-state index in [1.165, 1.54) is 18.4 Å². The van der Waals surface area contributed by atoms with Crippen LogP contribution in [0.5, 0.6) is 5.75 Å². The largest absolute Gasteiger partial charge is 0.497 e. The van der Waals surface area contributed by atoms with Gasteiger partial charge in [-0.05, 0) is 50.8 Å². The minimum absolute atomic E-state index is 0.0258. The predicted molar refractivity (Wildman–Crippen MR) is 91.4 cm³/mol. The van der Waals surface area contributed by atoms with Crippen LogP contribution in [0, 0.1) is 16.7 Å². The molecule has 1 aliphatic heterocycles. The van der Waals surface area contributed by atoms with Gasteiger partial charge in [-0.15, -0.1) is 0 Å². The summed E-state index contributed by atoms with van der Waals surface area (Å²) in [4.78, 5) is 15.0. The van der Waals surface area contributed by atoms with Gasteiger partial charge in [-0.2, -0.15) is 5.26 Å². The third-order valence-corrected chi connectivity index (χ3v) is 5.05. The van der Waals surface area contributed by atoms with Crippen LogP contribution in [0.1, 0.15) is 44.7 Å². The maximum Gasteiger partial charge on any atom is 0.240 e. The lowest BCUT2D eigenvalue weighted by molar-refractivity contribution is -0.127. The van der Waals surface area contributed by atoms with Crippen molar-refractivity contribution in [3.05, 3.63) is 29.8 Å². The number of carbonyl (C=O) groups excluding carboxylic acids is 1. The number of methoxy groups -OCH3 is 1. The Morgan fingerprint density at radius 1 is 1.38 bits per heavy atom. The smallest absolute Gasteiger partial charge is 0.240 e. The van der Waals surface area contributed by atoms with Crippen LogP contribution in [0.25, 0.3) is 0 Å². The van der Waals surface area contributed by atoms with Crippen molar-refractivity contribution in [3.63, 3.8) is 0 Å². The van der Waals surface area contributed by atoms with Crippen molar-refractivity contribution in [2.75, 3.05) is 13.7 Å². The minimum Gasteiger partial charge on any atom is -0.497 e. The summed E-state index contributed by atoms with van der Waals surface area (Å²) in [6.45, 7) is 4.30. The highest BCUT2D eigenvalue weighted by Crippen LogP contribution is 2.41. The molecule has 1 aliphatic carbocycles. The molecule has 2 fully saturated rings. The number of hydrogen-bond donors (Lipinski definition) is 1. The van der Waals surface area contributed by atoms with E-state index in [1.807, 2.05) is 12.1 Å². The third-order valence-electron chi connectivity index (χ3n) is 5.05. The maximum absolute atomic E-state index is 12.5. The zero-order chi connectivity index (χ0) is 17.3. The van der Waals surface area contributed by atoms with Crippen LogP contribution in [0.15, 0.2) is 24.3 Å². The standard InChI is InChI=1S/C19H25N3O2/c1-19(2,12-20)18(23)21-16-9-10-22(14-7-8-14)17(16)13-5-4-6-15(11-13)24-3/h4-6,11,14,16-17H,7-10H2,1-3H3,(H,21,23)/t16-,17-/m1/s1. The average Bonchev–Trinajstić information content (AvgIpc) is 3.35. The van der Waals surface area contributed by atoms with Gasteiger partial charge in [0, 0.05) is 18.6 Å². The number of nitrogens with one attached hydrogen (secondary N) is 1. The fourth-order valence-corrected chi connectivity index (χ4v) is 3.43. The fourth-order valence-electron chi connectivity index (χ4n) is 3.43. The molecule has 0 aromatic heterocycles. The number of hydrogen-bond acceptors (Lipinski definition) is 4. The number of nitriles is 1. The molecule has 0 spiro atoms. The van der Waals surface area contributed by atoms with Crippen LogP contribution >= 0.6 is 0 Å². The van der Waals surface area contributed by atoms with E-state index in [-0.39, 0.29) is 18.0 Å². The summed E-state index contributed by atoms with van der Waals surface area (Å²) in [5.41, 5.74) is 0.158. The molecule has 2 aliphatic rings. The van der Waals surface area contributed by atoms with Gasteiger partial charge in [0.25, 0.3) is 0 Å². The highest BCUT2D eigenvalue weighted by atomic mass is 16.5. The first-order valence-corrected chi connectivity index (χ1v) is 8.58. The van der Waals surface area contributed by atoms with Gasteiger partial charge in [0.05, 0.1) is 19.2 Å². The van der Waals surface area contributed by atoms with E-state index in [9.17, 15) is 10.1 Å². The van der Waals surface area contributed by atoms with Crippen LogP contribution in [0.2, 0.25) is 0 Å². The summed E-state index contributed by atoms with van der Waals surface area (Å²) in [5, 5.41) is 12.3. The average molecular weight is 327 g/mol. The van der Waals surface area contributed by atoms with E-state index in [0.717, 1.165) is 18.7 Å². The van der Waals surface area contributed by atoms with Gasteiger partial charge in [0.1, 0.15) is 11.2 Å². The Balaban J connectivity index is 1.85. The summed E-state index contributed by atoms with van der Waals surface area (Å²) >= 11 is 0. The van der Waals surface area contributed by atoms with Gasteiger partial charge in [-0.3, -0.25) is 9.69 Å². The van der Waals surface area contributed by atoms with Gasteiger partial charge in [0.2, 0.25) is 5.91 Å². The molecule has 1 saturated heterocycles. The Hall–Kier alpha value is -2.06. The van der Waals surface area contributed by atoms with Gasteiger partial charge >= 0.3 is 0 Å². The van der Waals surface area contributed by atoms with Crippen LogP contribution < -0.4 is 10.1 Å². The van der Waals surface area contributed by atoms with Gasteiger partial charge in [-0.25, -0.2) is 0 Å². The monoisotopic (exact) mass is 327 g/mol. The molecule has 5 heteroatoms. The number of likely N-dealkylation sites (tertiary alicyclic amines) is 1. The quantitative estimate of drug-likeness (QED) is 0.903. The molecular formula is C19H25N3O2. The summed E-state index contributed by atoms with van der Waals surface area (Å²) < 4.78 is 5.36. The first-order valence-electron chi connectivity index (χ1n) is 8.58. The Kier molecular flexibility index (Phi) is 4.51. The molecule has 1 N–H and O–H groups in total. The minimum atomic E-state index is -1.01. The van der Waals surface area contributed by atoms with Crippen molar-refractivity contribution in [1.29, 1.82) is 5.26 Å². The summed E-state index contributed by atoms with van der Waals surface area (Å²) in [7, 11) is 1.67. The molecule has 0 radical (unpaired) electrons. The lowest BCUT2D eigenvalue weighted by Gasteiger charge is -2.30. The molecule has 1 aromatic carbocycles. The second-order valence-electron chi connectivity index (χ2n) is 7.30. The zero-order valence-corrected chi connectivity index (χ0v) is 14.6. The number of carbonyl (C=O) groups is 1. The number of nitrogens with zero attached hydrogens (tertiary/aromatic N) is 2. The summed E-state index contributed by atoms with van der Waals surface area (Å²) in [5.74, 6) is 0.637. The zero-order valence-electron chi connectivity index (χ0n) is 14.6. The van der Waals surface area contributed by atoms with Gasteiger partial charge in [0.15, 0.2) is 0 Å². The first kappa shape index (κ1) is 16.8. The van der Waals surface area contributed by atoms with Gasteiger partial charge < -0.3 is 10.1 Å². The molecule has 0 bridgehead atoms. The van der Waals surface area contributed by atoms with Gasteiger partial charge in [-0.1, -0.05) is 12.1 Å². The molecule has 3 rings (SSSR count). The molecule has 24 heavy (non-hydrogen) atoms. The second kappa shape index (κ2) is 6.45. The lowest BCUT2D eigenvalue weighted by atomic mass is 9.92. The molecular weight excluding hydrogens is 302 g/mol. The van der Waals surface area contributed by atoms with Crippen LogP contribution in [0.4, 0.5) is 0 Å². The molecule has 128 valence electrons. The normalized spacial score (nSPS) is 24.4. The van der Waals surface area contributed by atoms with Crippen molar-refractivity contribution in [2.24, 2.45) is 5.41 Å². The van der Waals surface area contributed by atoms with Crippen molar-refractivity contribution in [2.45, 2.75) is 51.2 Å². The first-order chi connectivity index (χ1) is 11.5. The summed E-state index contributed by atoms with van der Waals surface area (Å²) in [6.07, 6.45) is 3.36. The van der Waals surface area contributed by atoms with E-state index >= 15 is 0 Å². The number of rotatable bonds is 5. The summed E-state index contributed by atoms with van der Waals surface area (Å²) in [6, 6.07) is 11.0. The lowest BCUT2D eigenvalue weighted by Crippen LogP contribution is -2.45. The Bertz CT molecular complexity index is 661. The highest BCUT2D eigenvalue weighted by molar-refractivity contribution is 5.84. The molecule has 0 unspecified atom stereocenters. The highest BCUT2D eigenvalue weighted by Gasteiger charge is 2.44. The Morgan fingerprint density at radius 2 is 2.12 bits per heavy atom. The van der Waals surface area contributed by atoms with Crippen molar-refractivity contribution >= 4 is 5.91 Å². The molecule has 1 saturated carbocycles. The molecule has 1 amide bonds. The number of benzene rings is 1. The van der Waals surface area contributed by atoms with Crippen molar-refractivity contribution in [3.8, 4) is 11.8 Å². The number of amides is 1.